The van der Waals surface area contributed by atoms with E-state index in [0.29, 0.717) is 5.65 Å². The number of aliphatic imine (C=N–C) groups is 1. The number of benzene rings is 2. The maximum absolute atomic E-state index is 5.04. The number of thiol groups is 1. The van der Waals surface area contributed by atoms with Crippen LogP contribution in [0.5, 0.6) is 0 Å². The molecule has 0 bridgehead atoms. The molecule has 1 N–H and O–H groups in total. The van der Waals surface area contributed by atoms with Gasteiger partial charge in [0, 0.05) is 18.7 Å². The van der Waals surface area contributed by atoms with Crippen molar-refractivity contribution in [3.63, 3.8) is 0 Å². The van der Waals surface area contributed by atoms with E-state index in [-0.39, 0.29) is 5.25 Å². The number of aryl methyl sites for hydroxylation is 1. The van der Waals surface area contributed by atoms with Gasteiger partial charge in [-0.2, -0.15) is 12.6 Å². The molecule has 150 valence electrons. The number of imidazole rings is 1. The quantitative estimate of drug-likeness (QED) is 0.474. The molecule has 1 unspecified atom stereocenters. The summed E-state index contributed by atoms with van der Waals surface area (Å²) < 4.78 is 0. The lowest BCUT2D eigenvalue weighted by Gasteiger charge is -2.33. The molecule has 3 heterocycles. The highest BCUT2D eigenvalue weighted by atomic mass is 32.1. The summed E-state index contributed by atoms with van der Waals surface area (Å²) in [5, 5.41) is -0.303. The third kappa shape index (κ3) is 3.45. The van der Waals surface area contributed by atoms with Crippen LogP contribution < -0.4 is 0 Å². The molecule has 0 aliphatic carbocycles. The first kappa shape index (κ1) is 18.8. The molecule has 7 heteroatoms. The number of aromatic nitrogens is 4. The Kier molecular flexibility index (Phi) is 4.96. The smallest absolute Gasteiger partial charge is 0.160 e. The molecular weight excluding hydrogens is 392 g/mol. The molecule has 0 fully saturated rings. The number of amidine groups is 1. The number of aromatic amines is 1. The van der Waals surface area contributed by atoms with Gasteiger partial charge in [0.05, 0.1) is 17.7 Å². The van der Waals surface area contributed by atoms with Gasteiger partial charge >= 0.3 is 0 Å². The predicted octanol–water partition coefficient (Wildman–Crippen LogP) is 4.42. The third-order valence-electron chi connectivity index (χ3n) is 5.56. The van der Waals surface area contributed by atoms with Crippen LogP contribution in [0.25, 0.3) is 11.2 Å². The average Bonchev–Trinajstić information content (AvgIpc) is 3.27. The number of H-pyrrole nitrogens is 1. The van der Waals surface area contributed by atoms with Gasteiger partial charge in [0.2, 0.25) is 0 Å². The normalized spacial score (nSPS) is 14.5. The monoisotopic (exact) mass is 414 g/mol. The van der Waals surface area contributed by atoms with E-state index in [4.69, 9.17) is 17.6 Å². The van der Waals surface area contributed by atoms with Crippen LogP contribution in [0.3, 0.4) is 0 Å². The van der Waals surface area contributed by atoms with Crippen LogP contribution in [-0.2, 0) is 13.0 Å². The highest BCUT2D eigenvalue weighted by molar-refractivity contribution is 7.81. The summed E-state index contributed by atoms with van der Waals surface area (Å²) in [6.07, 6.45) is 4.12. The minimum atomic E-state index is -0.303. The van der Waals surface area contributed by atoms with Gasteiger partial charge in [0.1, 0.15) is 22.9 Å². The second-order valence-corrected chi connectivity index (χ2v) is 7.98. The number of hydrogen-bond acceptors (Lipinski definition) is 6. The Morgan fingerprint density at radius 3 is 2.80 bits per heavy atom. The van der Waals surface area contributed by atoms with E-state index in [1.807, 2.05) is 6.07 Å². The first-order chi connectivity index (χ1) is 14.7. The van der Waals surface area contributed by atoms with Crippen molar-refractivity contribution in [3.8, 4) is 0 Å². The number of fused-ring (bicyclic) bond motifs is 2. The fourth-order valence-electron chi connectivity index (χ4n) is 3.91. The summed E-state index contributed by atoms with van der Waals surface area (Å²) in [4.78, 5) is 23.6. The number of rotatable bonds is 5. The zero-order valence-corrected chi connectivity index (χ0v) is 17.5. The molecule has 6 nitrogen and oxygen atoms in total. The summed E-state index contributed by atoms with van der Waals surface area (Å²) in [5.41, 5.74) is 7.05. The van der Waals surface area contributed by atoms with E-state index in [1.165, 1.54) is 16.7 Å². The Labute approximate surface area is 180 Å². The Morgan fingerprint density at radius 2 is 1.93 bits per heavy atom. The van der Waals surface area contributed by atoms with Crippen molar-refractivity contribution in [1.29, 1.82) is 0 Å². The molecule has 1 atom stereocenters. The maximum Gasteiger partial charge on any atom is 0.160 e. The van der Waals surface area contributed by atoms with E-state index in [9.17, 15) is 0 Å². The molecule has 2 aromatic heterocycles. The molecule has 5 rings (SSSR count). The highest BCUT2D eigenvalue weighted by Gasteiger charge is 2.29. The minimum absolute atomic E-state index is 0.303. The Hall–Kier alpha value is -3.19. The zero-order valence-electron chi connectivity index (χ0n) is 16.7. The van der Waals surface area contributed by atoms with Gasteiger partial charge in [-0.05, 0) is 30.5 Å². The van der Waals surface area contributed by atoms with Crippen LogP contribution in [0, 0.1) is 6.92 Å². The number of hydrogen-bond donors (Lipinski definition) is 2. The zero-order chi connectivity index (χ0) is 20.5. The average molecular weight is 415 g/mol. The van der Waals surface area contributed by atoms with Gasteiger partial charge in [-0.25, -0.2) is 19.9 Å². The lowest BCUT2D eigenvalue weighted by atomic mass is 10.0. The van der Waals surface area contributed by atoms with Crippen molar-refractivity contribution in [1.82, 2.24) is 24.8 Å². The Morgan fingerprint density at radius 1 is 1.07 bits per heavy atom. The second kappa shape index (κ2) is 7.91. The van der Waals surface area contributed by atoms with Gasteiger partial charge in [0.25, 0.3) is 0 Å². The van der Waals surface area contributed by atoms with Crippen LogP contribution in [0.2, 0.25) is 0 Å². The molecule has 2 aromatic carbocycles. The Bertz CT molecular complexity index is 1220. The minimum Gasteiger partial charge on any atom is -0.354 e. The van der Waals surface area contributed by atoms with Crippen LogP contribution in [0.4, 0.5) is 5.69 Å². The molecule has 1 aliphatic rings. The highest BCUT2D eigenvalue weighted by Crippen LogP contribution is 2.35. The topological polar surface area (TPSA) is 70.1 Å². The second-order valence-electron chi connectivity index (χ2n) is 7.46. The summed E-state index contributed by atoms with van der Waals surface area (Å²) in [5.74, 6) is 0.898. The third-order valence-corrected chi connectivity index (χ3v) is 6.03. The lowest BCUT2D eigenvalue weighted by Crippen LogP contribution is -2.37. The molecule has 0 saturated heterocycles. The Balaban J connectivity index is 1.53. The fourth-order valence-corrected chi connectivity index (χ4v) is 4.32. The largest absolute Gasteiger partial charge is 0.354 e. The van der Waals surface area contributed by atoms with E-state index in [0.717, 1.165) is 42.2 Å². The lowest BCUT2D eigenvalue weighted by molar-refractivity contribution is 0.403. The van der Waals surface area contributed by atoms with Crippen molar-refractivity contribution < 1.29 is 0 Å². The SMILES string of the molecule is Cc1cccc2c1CN(CCc1ccccc1)C(C(S)c1ncnc3[nH]cnc13)=N2. The molecule has 0 amide bonds. The van der Waals surface area contributed by atoms with E-state index >= 15 is 0 Å². The van der Waals surface area contributed by atoms with E-state index < -0.39 is 0 Å². The number of nitrogens with one attached hydrogen (secondary N) is 1. The van der Waals surface area contributed by atoms with Crippen molar-refractivity contribution in [2.75, 3.05) is 6.54 Å². The first-order valence-electron chi connectivity index (χ1n) is 9.98. The summed E-state index contributed by atoms with van der Waals surface area (Å²) >= 11 is 4.95. The van der Waals surface area contributed by atoms with Crippen LogP contribution >= 0.6 is 12.6 Å². The molecule has 1 aliphatic heterocycles. The van der Waals surface area contributed by atoms with Crippen molar-refractivity contribution in [3.05, 3.63) is 83.6 Å². The molecule has 30 heavy (non-hydrogen) atoms. The standard InChI is InChI=1S/C23H22N6S/c1-15-6-5-9-18-17(15)12-29(11-10-16-7-3-2-4-8-16)23(28-18)21(30)19-20-22(26-13-24-19)27-14-25-20/h2-9,13-14,21,30H,10-12H2,1H3,(H,24,25,26,27). The van der Waals surface area contributed by atoms with Crippen LogP contribution in [0.15, 0.2) is 66.2 Å². The maximum atomic E-state index is 5.04. The van der Waals surface area contributed by atoms with Gasteiger partial charge in [0.15, 0.2) is 5.65 Å². The number of nitrogens with zero attached hydrogens (tertiary/aromatic N) is 5. The summed E-state index contributed by atoms with van der Waals surface area (Å²) in [7, 11) is 0. The van der Waals surface area contributed by atoms with Crippen molar-refractivity contribution in [2.45, 2.75) is 25.1 Å². The summed E-state index contributed by atoms with van der Waals surface area (Å²) in [6.45, 7) is 3.80. The van der Waals surface area contributed by atoms with Gasteiger partial charge < -0.3 is 9.88 Å². The first-order valence-corrected chi connectivity index (χ1v) is 10.5. The van der Waals surface area contributed by atoms with Crippen molar-refractivity contribution >= 4 is 35.3 Å². The van der Waals surface area contributed by atoms with Gasteiger partial charge in [-0.1, -0.05) is 42.5 Å². The summed E-state index contributed by atoms with van der Waals surface area (Å²) in [6, 6.07) is 16.8. The van der Waals surface area contributed by atoms with E-state index in [1.54, 1.807) is 12.7 Å². The molecule has 0 radical (unpaired) electrons. The fraction of sp³-hybridized carbons (Fsp3) is 0.217. The molecule has 0 saturated carbocycles. The molecule has 4 aromatic rings. The van der Waals surface area contributed by atoms with Gasteiger partial charge in [-0.15, -0.1) is 0 Å². The predicted molar refractivity (Wildman–Crippen MR) is 122 cm³/mol. The van der Waals surface area contributed by atoms with Crippen LogP contribution in [-0.4, -0.2) is 37.2 Å². The van der Waals surface area contributed by atoms with Gasteiger partial charge in [-0.3, -0.25) is 0 Å². The van der Waals surface area contributed by atoms with Crippen LogP contribution in [0.1, 0.15) is 27.6 Å². The van der Waals surface area contributed by atoms with E-state index in [2.05, 4.69) is 74.2 Å². The molecule has 0 spiro atoms. The van der Waals surface area contributed by atoms with Crippen molar-refractivity contribution in [2.24, 2.45) is 4.99 Å². The molecular formula is C23H22N6S.